The van der Waals surface area contributed by atoms with Crippen molar-refractivity contribution in [3.63, 3.8) is 0 Å². The molecule has 0 amide bonds. The smallest absolute Gasteiger partial charge is 0.340 e. The number of benzene rings is 2. The van der Waals surface area contributed by atoms with Gasteiger partial charge in [0.25, 0.3) is 5.89 Å². The van der Waals surface area contributed by atoms with Gasteiger partial charge in [-0.1, -0.05) is 35.9 Å². The number of ether oxygens (including phenoxy) is 1. The Morgan fingerprint density at radius 2 is 1.86 bits per heavy atom. The highest BCUT2D eigenvalue weighted by Crippen LogP contribution is 2.24. The number of esters is 1. The predicted molar refractivity (Wildman–Crippen MR) is 105 cm³/mol. The summed E-state index contributed by atoms with van der Waals surface area (Å²) in [4.78, 5) is 17.2. The van der Waals surface area contributed by atoms with Gasteiger partial charge in [0.05, 0.1) is 16.8 Å². The van der Waals surface area contributed by atoms with E-state index in [0.717, 1.165) is 27.6 Å². The van der Waals surface area contributed by atoms with Crippen LogP contribution in [0.15, 0.2) is 52.9 Å². The molecule has 0 atom stereocenters. The highest BCUT2D eigenvalue weighted by atomic mass is 16.5. The molecule has 0 N–H and O–H groups in total. The maximum atomic E-state index is 12.7. The zero-order valence-electron chi connectivity index (χ0n) is 15.9. The van der Waals surface area contributed by atoms with E-state index in [-0.39, 0.29) is 12.5 Å². The van der Waals surface area contributed by atoms with Gasteiger partial charge in [0.15, 0.2) is 6.61 Å². The topological polar surface area (TPSA) is 78.1 Å². The lowest BCUT2D eigenvalue weighted by atomic mass is 10.0. The Labute approximate surface area is 162 Å². The van der Waals surface area contributed by atoms with Crippen molar-refractivity contribution in [2.45, 2.75) is 27.4 Å². The molecular formula is C22H19N3O3. The second-order valence-electron chi connectivity index (χ2n) is 6.66. The first-order valence-electron chi connectivity index (χ1n) is 8.95. The van der Waals surface area contributed by atoms with Crippen LogP contribution in [0.2, 0.25) is 0 Å². The number of carbonyl (C=O) groups excluding carboxylic acids is 1. The van der Waals surface area contributed by atoms with Gasteiger partial charge < -0.3 is 9.15 Å². The van der Waals surface area contributed by atoms with Crippen LogP contribution in [-0.2, 0) is 11.3 Å². The van der Waals surface area contributed by atoms with Crippen LogP contribution >= 0.6 is 0 Å². The standard InChI is InChI=1S/C22H19N3O3/c1-13-7-6-8-16(11-13)21-25-24-19(28-21)12-27-22(26)20-14(2)17-9-4-5-10-18(17)23-15(20)3/h4-11H,12H2,1-3H3. The van der Waals surface area contributed by atoms with Crippen LogP contribution in [0.1, 0.15) is 33.1 Å². The maximum absolute atomic E-state index is 12.7. The quantitative estimate of drug-likeness (QED) is 0.488. The number of carbonyl (C=O) groups is 1. The summed E-state index contributed by atoms with van der Waals surface area (Å²) in [6.07, 6.45) is 0. The molecule has 0 aliphatic rings. The van der Waals surface area contributed by atoms with Gasteiger partial charge in [0.2, 0.25) is 5.89 Å². The Morgan fingerprint density at radius 3 is 2.68 bits per heavy atom. The molecule has 0 aliphatic heterocycles. The van der Waals surface area contributed by atoms with Crippen molar-refractivity contribution in [1.82, 2.24) is 15.2 Å². The number of hydrogen-bond acceptors (Lipinski definition) is 6. The molecule has 140 valence electrons. The van der Waals surface area contributed by atoms with Crippen molar-refractivity contribution < 1.29 is 13.9 Å². The molecular weight excluding hydrogens is 354 g/mol. The minimum Gasteiger partial charge on any atom is -0.452 e. The summed E-state index contributed by atoms with van der Waals surface area (Å²) in [6.45, 7) is 5.60. The number of aromatic nitrogens is 3. The molecule has 2 heterocycles. The fraction of sp³-hybridized carbons (Fsp3) is 0.182. The molecule has 4 rings (SSSR count). The first-order valence-corrected chi connectivity index (χ1v) is 8.95. The summed E-state index contributed by atoms with van der Waals surface area (Å²) in [5.74, 6) is 0.187. The average Bonchev–Trinajstić information content (AvgIpc) is 3.15. The van der Waals surface area contributed by atoms with E-state index in [1.54, 1.807) is 6.92 Å². The second kappa shape index (κ2) is 7.23. The van der Waals surface area contributed by atoms with Gasteiger partial charge >= 0.3 is 5.97 Å². The summed E-state index contributed by atoms with van der Waals surface area (Å²) in [6, 6.07) is 15.5. The lowest BCUT2D eigenvalue weighted by molar-refractivity contribution is 0.0436. The summed E-state index contributed by atoms with van der Waals surface area (Å²) < 4.78 is 11.0. The summed E-state index contributed by atoms with van der Waals surface area (Å²) >= 11 is 0. The van der Waals surface area contributed by atoms with Crippen LogP contribution in [0.3, 0.4) is 0 Å². The summed E-state index contributed by atoms with van der Waals surface area (Å²) in [5.41, 5.74) is 4.73. The number of pyridine rings is 1. The van der Waals surface area contributed by atoms with Crippen molar-refractivity contribution in [2.75, 3.05) is 0 Å². The van der Waals surface area contributed by atoms with Gasteiger partial charge in [-0.3, -0.25) is 4.98 Å². The van der Waals surface area contributed by atoms with Crippen molar-refractivity contribution in [3.05, 3.63) is 76.8 Å². The zero-order chi connectivity index (χ0) is 19.7. The Balaban J connectivity index is 1.53. The van der Waals surface area contributed by atoms with Gasteiger partial charge in [-0.15, -0.1) is 10.2 Å². The van der Waals surface area contributed by atoms with Crippen LogP contribution < -0.4 is 0 Å². The van der Waals surface area contributed by atoms with Crippen LogP contribution in [0.4, 0.5) is 0 Å². The summed E-state index contributed by atoms with van der Waals surface area (Å²) in [7, 11) is 0. The molecule has 28 heavy (non-hydrogen) atoms. The largest absolute Gasteiger partial charge is 0.452 e. The number of hydrogen-bond donors (Lipinski definition) is 0. The van der Waals surface area contributed by atoms with Crippen LogP contribution in [0, 0.1) is 20.8 Å². The number of rotatable bonds is 4. The SMILES string of the molecule is Cc1cccc(-c2nnc(COC(=O)c3c(C)nc4ccccc4c3C)o2)c1. The van der Waals surface area contributed by atoms with E-state index in [9.17, 15) is 4.79 Å². The second-order valence-corrected chi connectivity index (χ2v) is 6.66. The number of para-hydroxylation sites is 1. The fourth-order valence-corrected chi connectivity index (χ4v) is 3.24. The van der Waals surface area contributed by atoms with E-state index in [4.69, 9.17) is 9.15 Å². The van der Waals surface area contributed by atoms with Crippen molar-refractivity contribution in [2.24, 2.45) is 0 Å². The highest BCUT2D eigenvalue weighted by molar-refractivity contribution is 5.98. The van der Waals surface area contributed by atoms with Gasteiger partial charge in [0, 0.05) is 10.9 Å². The van der Waals surface area contributed by atoms with E-state index in [1.165, 1.54) is 0 Å². The third-order valence-corrected chi connectivity index (χ3v) is 4.60. The predicted octanol–water partition coefficient (Wildman–Crippen LogP) is 4.57. The average molecular weight is 373 g/mol. The van der Waals surface area contributed by atoms with Gasteiger partial charge in [-0.05, 0) is 44.5 Å². The minimum absolute atomic E-state index is 0.0939. The number of fused-ring (bicyclic) bond motifs is 1. The van der Waals surface area contributed by atoms with Crippen LogP contribution in [0.25, 0.3) is 22.4 Å². The number of aryl methyl sites for hydroxylation is 3. The highest BCUT2D eigenvalue weighted by Gasteiger charge is 2.19. The molecule has 0 unspecified atom stereocenters. The van der Waals surface area contributed by atoms with Crippen LogP contribution in [-0.4, -0.2) is 21.2 Å². The van der Waals surface area contributed by atoms with Gasteiger partial charge in [-0.2, -0.15) is 0 Å². The van der Waals surface area contributed by atoms with Crippen LogP contribution in [0.5, 0.6) is 0 Å². The molecule has 4 aromatic rings. The fourth-order valence-electron chi connectivity index (χ4n) is 3.24. The van der Waals surface area contributed by atoms with Crippen molar-refractivity contribution >= 4 is 16.9 Å². The Hall–Kier alpha value is -3.54. The van der Waals surface area contributed by atoms with Gasteiger partial charge in [0.1, 0.15) is 0 Å². The lowest BCUT2D eigenvalue weighted by Crippen LogP contribution is -2.11. The third kappa shape index (κ3) is 3.36. The summed E-state index contributed by atoms with van der Waals surface area (Å²) in [5, 5.41) is 8.94. The molecule has 0 saturated carbocycles. The normalized spacial score (nSPS) is 11.0. The molecule has 0 fully saturated rings. The minimum atomic E-state index is -0.455. The third-order valence-electron chi connectivity index (χ3n) is 4.60. The molecule has 2 aromatic carbocycles. The first kappa shape index (κ1) is 17.9. The molecule has 0 aliphatic carbocycles. The van der Waals surface area contributed by atoms with E-state index < -0.39 is 5.97 Å². The Kier molecular flexibility index (Phi) is 4.61. The molecule has 2 aromatic heterocycles. The van der Waals surface area contributed by atoms with Crippen molar-refractivity contribution in [3.8, 4) is 11.5 Å². The first-order chi connectivity index (χ1) is 13.5. The zero-order valence-corrected chi connectivity index (χ0v) is 15.9. The Bertz CT molecular complexity index is 1180. The van der Waals surface area contributed by atoms with Crippen molar-refractivity contribution in [1.29, 1.82) is 0 Å². The Morgan fingerprint density at radius 1 is 1.04 bits per heavy atom. The molecule has 0 saturated heterocycles. The molecule has 0 bridgehead atoms. The molecule has 6 nitrogen and oxygen atoms in total. The monoisotopic (exact) mass is 373 g/mol. The van der Waals surface area contributed by atoms with E-state index in [2.05, 4.69) is 15.2 Å². The van der Waals surface area contributed by atoms with E-state index >= 15 is 0 Å². The maximum Gasteiger partial charge on any atom is 0.340 e. The lowest BCUT2D eigenvalue weighted by Gasteiger charge is -2.11. The van der Waals surface area contributed by atoms with Gasteiger partial charge in [-0.25, -0.2) is 4.79 Å². The molecule has 0 spiro atoms. The molecule has 6 heteroatoms. The number of nitrogens with zero attached hydrogens (tertiary/aromatic N) is 3. The molecule has 0 radical (unpaired) electrons. The van der Waals surface area contributed by atoms with E-state index in [1.807, 2.05) is 62.4 Å². The van der Waals surface area contributed by atoms with E-state index in [0.29, 0.717) is 17.1 Å².